The molecule has 0 aliphatic heterocycles. The van der Waals surface area contributed by atoms with E-state index in [0.717, 1.165) is 30.7 Å². The van der Waals surface area contributed by atoms with Crippen LogP contribution in [0.2, 0.25) is 0 Å². The summed E-state index contributed by atoms with van der Waals surface area (Å²) in [5, 5.41) is 8.01. The zero-order valence-corrected chi connectivity index (χ0v) is 11.9. The summed E-state index contributed by atoms with van der Waals surface area (Å²) in [4.78, 5) is 0. The van der Waals surface area contributed by atoms with Crippen LogP contribution in [-0.2, 0) is 19.9 Å². The molecule has 3 N–H and O–H groups in total. The van der Waals surface area contributed by atoms with Crippen LogP contribution in [0.4, 0.5) is 0 Å². The molecule has 0 fully saturated rings. The van der Waals surface area contributed by atoms with E-state index in [1.807, 2.05) is 25.4 Å². The van der Waals surface area contributed by atoms with Crippen molar-refractivity contribution in [3.05, 3.63) is 41.7 Å². The van der Waals surface area contributed by atoms with Crippen molar-refractivity contribution in [2.24, 2.45) is 12.9 Å². The second kappa shape index (κ2) is 7.02. The fourth-order valence-electron chi connectivity index (χ4n) is 2.12. The molecule has 0 amide bonds. The summed E-state index contributed by atoms with van der Waals surface area (Å²) < 4.78 is 6.85. The van der Waals surface area contributed by atoms with Gasteiger partial charge in [-0.1, -0.05) is 17.3 Å². The molecule has 6 heteroatoms. The predicted octanol–water partition coefficient (Wildman–Crippen LogP) is 0.831. The molecule has 1 atom stereocenters. The van der Waals surface area contributed by atoms with Gasteiger partial charge in [-0.05, 0) is 30.5 Å². The van der Waals surface area contributed by atoms with Crippen LogP contribution in [-0.4, -0.2) is 28.1 Å². The second-order valence-electron chi connectivity index (χ2n) is 4.84. The van der Waals surface area contributed by atoms with E-state index in [1.165, 1.54) is 5.56 Å². The zero-order valence-electron chi connectivity index (χ0n) is 11.9. The van der Waals surface area contributed by atoms with Gasteiger partial charge in [0.25, 0.3) is 0 Å². The fourth-order valence-corrected chi connectivity index (χ4v) is 2.12. The lowest BCUT2D eigenvalue weighted by Crippen LogP contribution is -2.37. The van der Waals surface area contributed by atoms with E-state index in [9.17, 15) is 0 Å². The van der Waals surface area contributed by atoms with E-state index in [-0.39, 0.29) is 6.04 Å². The lowest BCUT2D eigenvalue weighted by atomic mass is 10.0. The van der Waals surface area contributed by atoms with Crippen molar-refractivity contribution in [1.82, 2.24) is 20.4 Å². The number of benzene rings is 1. The number of methoxy groups -OCH3 is 1. The summed E-state index contributed by atoms with van der Waals surface area (Å²) in [5.41, 5.74) is 5.07. The highest BCUT2D eigenvalue weighted by Crippen LogP contribution is 2.14. The van der Waals surface area contributed by atoms with E-state index < -0.39 is 0 Å². The monoisotopic (exact) mass is 275 g/mol. The van der Waals surface area contributed by atoms with Crippen LogP contribution >= 0.6 is 0 Å². The number of nitrogens with zero attached hydrogens (tertiary/aromatic N) is 3. The molecule has 1 aromatic carbocycles. The standard InChI is InChI=1S/C14H21N5O/c1-19-10-13(17-18-19)9-12(16-15)6-3-11-4-7-14(20-2)8-5-11/h4-5,7-8,10,12,16H,3,6,9,15H2,1-2H3. The van der Waals surface area contributed by atoms with Gasteiger partial charge in [0, 0.05) is 25.7 Å². The summed E-state index contributed by atoms with van der Waals surface area (Å²) >= 11 is 0. The minimum atomic E-state index is 0.189. The van der Waals surface area contributed by atoms with Crippen LogP contribution in [0.15, 0.2) is 30.5 Å². The molecule has 0 spiro atoms. The highest BCUT2D eigenvalue weighted by atomic mass is 16.5. The predicted molar refractivity (Wildman–Crippen MR) is 77.1 cm³/mol. The number of aryl methyl sites for hydroxylation is 2. The Morgan fingerprint density at radius 2 is 2.10 bits per heavy atom. The minimum Gasteiger partial charge on any atom is -0.497 e. The highest BCUT2D eigenvalue weighted by molar-refractivity contribution is 5.27. The molecule has 108 valence electrons. The molecule has 1 unspecified atom stereocenters. The van der Waals surface area contributed by atoms with Gasteiger partial charge in [0.1, 0.15) is 5.75 Å². The lowest BCUT2D eigenvalue weighted by Gasteiger charge is -2.14. The van der Waals surface area contributed by atoms with E-state index in [1.54, 1.807) is 11.8 Å². The third-order valence-electron chi connectivity index (χ3n) is 3.28. The van der Waals surface area contributed by atoms with E-state index in [2.05, 4.69) is 27.9 Å². The third-order valence-corrected chi connectivity index (χ3v) is 3.28. The molecule has 2 rings (SSSR count). The Hall–Kier alpha value is -1.92. The van der Waals surface area contributed by atoms with Gasteiger partial charge < -0.3 is 4.74 Å². The second-order valence-corrected chi connectivity index (χ2v) is 4.84. The molecular formula is C14H21N5O. The summed E-state index contributed by atoms with van der Waals surface area (Å²) in [5.74, 6) is 6.49. The maximum atomic E-state index is 5.61. The first-order chi connectivity index (χ1) is 9.71. The molecule has 0 saturated heterocycles. The van der Waals surface area contributed by atoms with Gasteiger partial charge in [0.2, 0.25) is 0 Å². The normalized spacial score (nSPS) is 12.3. The highest BCUT2D eigenvalue weighted by Gasteiger charge is 2.10. The van der Waals surface area contributed by atoms with Crippen molar-refractivity contribution in [2.75, 3.05) is 7.11 Å². The van der Waals surface area contributed by atoms with Crippen molar-refractivity contribution in [3.63, 3.8) is 0 Å². The largest absolute Gasteiger partial charge is 0.497 e. The van der Waals surface area contributed by atoms with E-state index >= 15 is 0 Å². The van der Waals surface area contributed by atoms with Crippen molar-refractivity contribution >= 4 is 0 Å². The average molecular weight is 275 g/mol. The van der Waals surface area contributed by atoms with Gasteiger partial charge in [0.15, 0.2) is 0 Å². The van der Waals surface area contributed by atoms with E-state index in [4.69, 9.17) is 10.6 Å². The van der Waals surface area contributed by atoms with Gasteiger partial charge in [-0.3, -0.25) is 16.0 Å². The number of nitrogens with one attached hydrogen (secondary N) is 1. The lowest BCUT2D eigenvalue weighted by molar-refractivity contribution is 0.414. The molecule has 0 aliphatic rings. The molecule has 6 nitrogen and oxygen atoms in total. The number of hydrazine groups is 1. The SMILES string of the molecule is COc1ccc(CCC(Cc2cn(C)nn2)NN)cc1. The van der Waals surface area contributed by atoms with Gasteiger partial charge >= 0.3 is 0 Å². The Morgan fingerprint density at radius 1 is 1.35 bits per heavy atom. The van der Waals surface area contributed by atoms with Gasteiger partial charge in [-0.2, -0.15) is 0 Å². The van der Waals surface area contributed by atoms with Crippen molar-refractivity contribution in [1.29, 1.82) is 0 Å². The van der Waals surface area contributed by atoms with Crippen LogP contribution < -0.4 is 16.0 Å². The Morgan fingerprint density at radius 3 is 2.65 bits per heavy atom. The first kappa shape index (κ1) is 14.5. The number of hydrogen-bond donors (Lipinski definition) is 2. The Kier molecular flexibility index (Phi) is 5.09. The molecule has 0 radical (unpaired) electrons. The summed E-state index contributed by atoms with van der Waals surface area (Å²) in [7, 11) is 3.53. The molecule has 2 aromatic rings. The van der Waals surface area contributed by atoms with Crippen molar-refractivity contribution in [3.8, 4) is 5.75 Å². The summed E-state index contributed by atoms with van der Waals surface area (Å²) in [6, 6.07) is 8.30. The smallest absolute Gasteiger partial charge is 0.118 e. The molecular weight excluding hydrogens is 254 g/mol. The van der Waals surface area contributed by atoms with Crippen LogP contribution in [0, 0.1) is 0 Å². The van der Waals surface area contributed by atoms with Crippen LogP contribution in [0.25, 0.3) is 0 Å². The zero-order chi connectivity index (χ0) is 14.4. The Bertz CT molecular complexity index is 523. The summed E-state index contributed by atoms with van der Waals surface area (Å²) in [6.45, 7) is 0. The van der Waals surface area contributed by atoms with Crippen LogP contribution in [0.3, 0.4) is 0 Å². The van der Waals surface area contributed by atoms with Crippen molar-refractivity contribution < 1.29 is 4.74 Å². The maximum Gasteiger partial charge on any atom is 0.118 e. The molecule has 1 aromatic heterocycles. The molecule has 1 heterocycles. The maximum absolute atomic E-state index is 5.61. The summed E-state index contributed by atoms with van der Waals surface area (Å²) in [6.07, 6.45) is 4.59. The number of hydrogen-bond acceptors (Lipinski definition) is 5. The van der Waals surface area contributed by atoms with Crippen LogP contribution in [0.5, 0.6) is 5.75 Å². The Balaban J connectivity index is 1.86. The fraction of sp³-hybridized carbons (Fsp3) is 0.429. The first-order valence-electron chi connectivity index (χ1n) is 6.65. The minimum absolute atomic E-state index is 0.189. The van der Waals surface area contributed by atoms with Crippen molar-refractivity contribution in [2.45, 2.75) is 25.3 Å². The quantitative estimate of drug-likeness (QED) is 0.578. The van der Waals surface area contributed by atoms with Gasteiger partial charge in [-0.25, -0.2) is 0 Å². The molecule has 0 aliphatic carbocycles. The van der Waals surface area contributed by atoms with E-state index in [0.29, 0.717) is 0 Å². The number of rotatable bonds is 7. The number of nitrogens with two attached hydrogens (primary N) is 1. The number of aromatic nitrogens is 3. The topological polar surface area (TPSA) is 78.0 Å². The molecule has 0 saturated carbocycles. The van der Waals surface area contributed by atoms with Gasteiger partial charge in [0.05, 0.1) is 12.8 Å². The number of ether oxygens (including phenoxy) is 1. The molecule has 0 bridgehead atoms. The molecule has 20 heavy (non-hydrogen) atoms. The first-order valence-corrected chi connectivity index (χ1v) is 6.65. The van der Waals surface area contributed by atoms with Gasteiger partial charge in [-0.15, -0.1) is 5.10 Å². The average Bonchev–Trinajstić information content (AvgIpc) is 2.89. The van der Waals surface area contributed by atoms with Crippen LogP contribution in [0.1, 0.15) is 17.7 Å². The Labute approximate surface area is 118 Å². The third kappa shape index (κ3) is 4.04.